The normalized spacial score (nSPS) is 18.5. The van der Waals surface area contributed by atoms with Gasteiger partial charge in [-0.15, -0.1) is 0 Å². The summed E-state index contributed by atoms with van der Waals surface area (Å²) in [4.78, 5) is 39.4. The van der Waals surface area contributed by atoms with E-state index in [0.29, 0.717) is 55.2 Å². The predicted octanol–water partition coefficient (Wildman–Crippen LogP) is 2.17. The van der Waals surface area contributed by atoms with Crippen molar-refractivity contribution >= 4 is 35.1 Å². The van der Waals surface area contributed by atoms with Gasteiger partial charge >= 0.3 is 5.97 Å². The summed E-state index contributed by atoms with van der Waals surface area (Å²) in [5.41, 5.74) is 7.04. The fourth-order valence-electron chi connectivity index (χ4n) is 4.25. The van der Waals surface area contributed by atoms with Gasteiger partial charge in [0, 0.05) is 51.8 Å². The van der Waals surface area contributed by atoms with Crippen molar-refractivity contribution in [1.29, 1.82) is 0 Å². The smallest absolute Gasteiger partial charge is 0.303 e. The van der Waals surface area contributed by atoms with Crippen LogP contribution in [-0.4, -0.2) is 75.2 Å². The molecule has 3 atom stereocenters. The Kier molecular flexibility index (Phi) is 10.1. The Morgan fingerprint density at radius 1 is 1.19 bits per heavy atom. The molecule has 1 aliphatic heterocycles. The maximum atomic E-state index is 13.0. The maximum absolute atomic E-state index is 13.0. The number of carbonyl (C=O) groups excluding carboxylic acids is 3. The van der Waals surface area contributed by atoms with Gasteiger partial charge in [0.1, 0.15) is 5.75 Å². The molecule has 200 valence electrons. The molecule has 37 heavy (non-hydrogen) atoms. The van der Waals surface area contributed by atoms with Gasteiger partial charge < -0.3 is 30.6 Å². The van der Waals surface area contributed by atoms with Crippen LogP contribution in [0, 0.1) is 0 Å². The Hall–Kier alpha value is -3.34. The lowest BCUT2D eigenvalue weighted by Crippen LogP contribution is -2.55. The molecule has 1 heterocycles. The molecule has 1 fully saturated rings. The summed E-state index contributed by atoms with van der Waals surface area (Å²) in [7, 11) is 3.06. The van der Waals surface area contributed by atoms with Crippen LogP contribution < -0.4 is 21.1 Å². The average Bonchev–Trinajstić information content (AvgIpc) is 2.89. The molecular formula is C26H33ClN4O6. The van der Waals surface area contributed by atoms with E-state index in [9.17, 15) is 14.4 Å². The second kappa shape index (κ2) is 13.3. The second-order valence-electron chi connectivity index (χ2n) is 8.71. The molecule has 1 saturated heterocycles. The third-order valence-electron chi connectivity index (χ3n) is 6.18. The molecule has 2 aromatic rings. The Morgan fingerprint density at radius 2 is 1.92 bits per heavy atom. The Bertz CT molecular complexity index is 1100. The molecule has 1 unspecified atom stereocenters. The van der Waals surface area contributed by atoms with Crippen LogP contribution in [-0.2, 0) is 19.1 Å². The number of nitrogen functional groups attached to an aromatic ring is 1. The number of benzene rings is 2. The topological polar surface area (TPSA) is 132 Å². The number of ether oxygens (including phenoxy) is 3. The molecule has 11 heteroatoms. The van der Waals surface area contributed by atoms with Gasteiger partial charge in [0.25, 0.3) is 11.8 Å². The minimum absolute atomic E-state index is 0.226. The molecular weight excluding hydrogens is 500 g/mol. The molecule has 2 amide bonds. The number of likely N-dealkylation sites (tertiary alicyclic amines) is 1. The fraction of sp³-hybridized carbons (Fsp3) is 0.423. The SMILES string of the molecule is COc1cc(N)c(Cl)cc1C(=O)N[C@@H]1CCN(CCNC(=O)C(OC(C)=O)c2ccccc2)C[C@@H]1OC. The number of piperidine rings is 1. The van der Waals surface area contributed by atoms with Crippen molar-refractivity contribution in [2.45, 2.75) is 31.6 Å². The number of hydrogen-bond donors (Lipinski definition) is 3. The third kappa shape index (κ3) is 7.58. The molecule has 0 aromatic heterocycles. The zero-order valence-corrected chi connectivity index (χ0v) is 21.9. The van der Waals surface area contributed by atoms with E-state index in [1.165, 1.54) is 26.2 Å². The van der Waals surface area contributed by atoms with E-state index < -0.39 is 12.1 Å². The van der Waals surface area contributed by atoms with Gasteiger partial charge in [-0.05, 0) is 12.5 Å². The molecule has 4 N–H and O–H groups in total. The number of hydrogen-bond acceptors (Lipinski definition) is 8. The molecule has 0 radical (unpaired) electrons. The number of nitrogens with one attached hydrogen (secondary N) is 2. The standard InChI is InChI=1S/C26H33ClN4O6/c1-16(32)37-24(17-7-5-4-6-8-17)26(34)29-10-12-31-11-9-21(23(15-31)36-3)30-25(33)18-13-19(27)20(28)14-22(18)35-2/h4-8,13-14,21,23-24H,9-12,15,28H2,1-3H3,(H,29,34)(H,30,33)/t21-,23+,24?/m1/s1. The molecule has 0 bridgehead atoms. The molecule has 0 aliphatic carbocycles. The first-order chi connectivity index (χ1) is 17.7. The number of amides is 2. The molecule has 1 aliphatic rings. The van der Waals surface area contributed by atoms with Gasteiger partial charge in [-0.3, -0.25) is 19.3 Å². The van der Waals surface area contributed by atoms with E-state index in [1.807, 2.05) is 6.07 Å². The lowest BCUT2D eigenvalue weighted by Gasteiger charge is -2.38. The summed E-state index contributed by atoms with van der Waals surface area (Å²) >= 11 is 6.11. The lowest BCUT2D eigenvalue weighted by molar-refractivity contribution is -0.154. The highest BCUT2D eigenvalue weighted by molar-refractivity contribution is 6.33. The first-order valence-corrected chi connectivity index (χ1v) is 12.3. The van der Waals surface area contributed by atoms with Crippen molar-refractivity contribution < 1.29 is 28.6 Å². The summed E-state index contributed by atoms with van der Waals surface area (Å²) < 4.78 is 16.2. The Balaban J connectivity index is 1.54. The van der Waals surface area contributed by atoms with E-state index >= 15 is 0 Å². The zero-order chi connectivity index (χ0) is 26.9. The number of carbonyl (C=O) groups is 3. The highest BCUT2D eigenvalue weighted by atomic mass is 35.5. The lowest BCUT2D eigenvalue weighted by atomic mass is 10.0. The fourth-order valence-corrected chi connectivity index (χ4v) is 4.41. The van der Waals surface area contributed by atoms with Gasteiger partial charge in [0.05, 0.1) is 35.5 Å². The van der Waals surface area contributed by atoms with Crippen LogP contribution in [0.4, 0.5) is 5.69 Å². The number of anilines is 1. The van der Waals surface area contributed by atoms with Crippen LogP contribution in [0.1, 0.15) is 35.4 Å². The van der Waals surface area contributed by atoms with Crippen LogP contribution in [0.3, 0.4) is 0 Å². The highest BCUT2D eigenvalue weighted by Crippen LogP contribution is 2.29. The Labute approximate surface area is 221 Å². The summed E-state index contributed by atoms with van der Waals surface area (Å²) in [6, 6.07) is 11.7. The molecule has 10 nitrogen and oxygen atoms in total. The van der Waals surface area contributed by atoms with Gasteiger partial charge in [0.2, 0.25) is 6.10 Å². The van der Waals surface area contributed by atoms with Crippen molar-refractivity contribution in [3.05, 3.63) is 58.6 Å². The number of rotatable bonds is 10. The van der Waals surface area contributed by atoms with Crippen LogP contribution >= 0.6 is 11.6 Å². The van der Waals surface area contributed by atoms with Crippen molar-refractivity contribution in [3.63, 3.8) is 0 Å². The molecule has 3 rings (SSSR count). The second-order valence-corrected chi connectivity index (χ2v) is 9.12. The number of nitrogens with two attached hydrogens (primary N) is 1. The molecule has 0 spiro atoms. The van der Waals surface area contributed by atoms with Crippen molar-refractivity contribution in [2.24, 2.45) is 0 Å². The minimum atomic E-state index is -1.01. The zero-order valence-electron chi connectivity index (χ0n) is 21.2. The van der Waals surface area contributed by atoms with Gasteiger partial charge in [-0.1, -0.05) is 41.9 Å². The van der Waals surface area contributed by atoms with Crippen LogP contribution in [0.15, 0.2) is 42.5 Å². The largest absolute Gasteiger partial charge is 0.496 e. The molecule has 2 aromatic carbocycles. The van der Waals surface area contributed by atoms with E-state index in [0.717, 1.165) is 0 Å². The van der Waals surface area contributed by atoms with Crippen molar-refractivity contribution in [3.8, 4) is 5.75 Å². The Morgan fingerprint density at radius 3 is 2.57 bits per heavy atom. The van der Waals surface area contributed by atoms with E-state index in [-0.39, 0.29) is 29.0 Å². The number of esters is 1. The van der Waals surface area contributed by atoms with Gasteiger partial charge in [-0.25, -0.2) is 0 Å². The van der Waals surface area contributed by atoms with Crippen LogP contribution in [0.2, 0.25) is 5.02 Å². The quantitative estimate of drug-likeness (QED) is 0.313. The van der Waals surface area contributed by atoms with E-state index in [2.05, 4.69) is 15.5 Å². The first kappa shape index (κ1) is 28.2. The van der Waals surface area contributed by atoms with Crippen molar-refractivity contribution in [1.82, 2.24) is 15.5 Å². The summed E-state index contributed by atoms with van der Waals surface area (Å²) in [6.07, 6.45) is -0.629. The van der Waals surface area contributed by atoms with E-state index in [1.54, 1.807) is 31.4 Å². The number of nitrogens with zero attached hydrogens (tertiary/aromatic N) is 1. The summed E-state index contributed by atoms with van der Waals surface area (Å²) in [6.45, 7) is 3.44. The van der Waals surface area contributed by atoms with Crippen LogP contribution in [0.5, 0.6) is 5.75 Å². The van der Waals surface area contributed by atoms with Crippen molar-refractivity contribution in [2.75, 3.05) is 46.1 Å². The summed E-state index contributed by atoms with van der Waals surface area (Å²) in [5, 5.41) is 6.14. The average molecular weight is 533 g/mol. The summed E-state index contributed by atoms with van der Waals surface area (Å²) in [5.74, 6) is -0.911. The monoisotopic (exact) mass is 532 g/mol. The van der Waals surface area contributed by atoms with Gasteiger partial charge in [-0.2, -0.15) is 0 Å². The minimum Gasteiger partial charge on any atom is -0.496 e. The highest BCUT2D eigenvalue weighted by Gasteiger charge is 2.31. The van der Waals surface area contributed by atoms with E-state index in [4.69, 9.17) is 31.5 Å². The maximum Gasteiger partial charge on any atom is 0.303 e. The van der Waals surface area contributed by atoms with Crippen LogP contribution in [0.25, 0.3) is 0 Å². The molecule has 0 saturated carbocycles. The third-order valence-corrected chi connectivity index (χ3v) is 6.50. The van der Waals surface area contributed by atoms with Gasteiger partial charge in [0.15, 0.2) is 0 Å². The number of methoxy groups -OCH3 is 2. The first-order valence-electron chi connectivity index (χ1n) is 11.9. The number of halogens is 1. The predicted molar refractivity (Wildman–Crippen MR) is 139 cm³/mol.